The van der Waals surface area contributed by atoms with Gasteiger partial charge in [0.2, 0.25) is 0 Å². The van der Waals surface area contributed by atoms with E-state index < -0.39 is 0 Å². The van der Waals surface area contributed by atoms with Crippen LogP contribution in [0.3, 0.4) is 0 Å². The predicted molar refractivity (Wildman–Crippen MR) is 86.1 cm³/mol. The summed E-state index contributed by atoms with van der Waals surface area (Å²) in [6.07, 6.45) is 3.89. The van der Waals surface area contributed by atoms with Crippen molar-refractivity contribution >= 4 is 5.82 Å². The maximum absolute atomic E-state index is 6.08. The first-order chi connectivity index (χ1) is 10.6. The lowest BCUT2D eigenvalue weighted by Gasteiger charge is -2.50. The van der Waals surface area contributed by atoms with Gasteiger partial charge in [0.1, 0.15) is 0 Å². The van der Waals surface area contributed by atoms with Gasteiger partial charge in [0.15, 0.2) is 5.82 Å². The van der Waals surface area contributed by atoms with Crippen molar-refractivity contribution in [1.29, 1.82) is 0 Å². The summed E-state index contributed by atoms with van der Waals surface area (Å²) in [5, 5.41) is 8.56. The number of fused-ring (bicyclic) bond motifs is 1. The molecule has 1 aromatic heterocycles. The van der Waals surface area contributed by atoms with Crippen LogP contribution in [0.2, 0.25) is 0 Å². The molecule has 2 aliphatic heterocycles. The van der Waals surface area contributed by atoms with Gasteiger partial charge in [-0.25, -0.2) is 0 Å². The van der Waals surface area contributed by atoms with Crippen molar-refractivity contribution in [3.8, 4) is 0 Å². The van der Waals surface area contributed by atoms with Crippen LogP contribution in [-0.2, 0) is 9.47 Å². The molecule has 0 aromatic carbocycles. The zero-order valence-electron chi connectivity index (χ0n) is 13.9. The molecule has 5 nitrogen and oxygen atoms in total. The van der Waals surface area contributed by atoms with E-state index in [2.05, 4.69) is 35.0 Å². The van der Waals surface area contributed by atoms with Crippen molar-refractivity contribution in [2.45, 2.75) is 52.2 Å². The molecule has 0 radical (unpaired) electrons. The van der Waals surface area contributed by atoms with Crippen LogP contribution in [0, 0.1) is 12.3 Å². The Bertz CT molecular complexity index is 491. The van der Waals surface area contributed by atoms with Crippen molar-refractivity contribution in [3.05, 3.63) is 17.8 Å². The Morgan fingerprint density at radius 2 is 2.27 bits per heavy atom. The molecule has 0 unspecified atom stereocenters. The highest BCUT2D eigenvalue weighted by Crippen LogP contribution is 2.41. The van der Waals surface area contributed by atoms with Gasteiger partial charge in [-0.1, -0.05) is 0 Å². The third kappa shape index (κ3) is 3.25. The van der Waals surface area contributed by atoms with Crippen LogP contribution < -0.4 is 4.90 Å². The summed E-state index contributed by atoms with van der Waals surface area (Å²) >= 11 is 0. The molecule has 0 bridgehead atoms. The molecule has 3 rings (SSSR count). The van der Waals surface area contributed by atoms with Crippen LogP contribution in [-0.4, -0.2) is 48.7 Å². The molecular weight excluding hydrogens is 278 g/mol. The Morgan fingerprint density at radius 1 is 1.41 bits per heavy atom. The maximum Gasteiger partial charge on any atom is 0.151 e. The number of anilines is 1. The van der Waals surface area contributed by atoms with Gasteiger partial charge in [-0.3, -0.25) is 0 Å². The molecule has 3 heterocycles. The first-order valence-electron chi connectivity index (χ1n) is 8.37. The van der Waals surface area contributed by atoms with E-state index in [1.807, 2.05) is 13.0 Å². The van der Waals surface area contributed by atoms with Crippen molar-refractivity contribution in [2.24, 2.45) is 5.41 Å². The van der Waals surface area contributed by atoms with E-state index in [0.717, 1.165) is 50.7 Å². The number of piperidine rings is 1. The minimum atomic E-state index is 0.0906. The third-order valence-corrected chi connectivity index (χ3v) is 4.80. The first-order valence-corrected chi connectivity index (χ1v) is 8.37. The first kappa shape index (κ1) is 15.7. The van der Waals surface area contributed by atoms with Crippen LogP contribution in [0.25, 0.3) is 0 Å². The number of hydrogen-bond acceptors (Lipinski definition) is 5. The molecule has 22 heavy (non-hydrogen) atoms. The van der Waals surface area contributed by atoms with E-state index in [-0.39, 0.29) is 11.5 Å². The number of hydrogen-bond donors (Lipinski definition) is 0. The van der Waals surface area contributed by atoms with Crippen LogP contribution in [0.1, 0.15) is 38.8 Å². The molecule has 1 aromatic rings. The van der Waals surface area contributed by atoms with Crippen molar-refractivity contribution in [2.75, 3.05) is 31.2 Å². The van der Waals surface area contributed by atoms with Crippen LogP contribution in [0.4, 0.5) is 5.82 Å². The minimum absolute atomic E-state index is 0.0906. The summed E-state index contributed by atoms with van der Waals surface area (Å²) < 4.78 is 12.1. The Labute approximate surface area is 133 Å². The van der Waals surface area contributed by atoms with Gasteiger partial charge < -0.3 is 14.4 Å². The summed E-state index contributed by atoms with van der Waals surface area (Å²) in [6.45, 7) is 9.75. The molecule has 0 spiro atoms. The van der Waals surface area contributed by atoms with Gasteiger partial charge in [0.05, 0.1) is 24.5 Å². The monoisotopic (exact) mass is 305 g/mol. The van der Waals surface area contributed by atoms with E-state index in [0.29, 0.717) is 6.10 Å². The smallest absolute Gasteiger partial charge is 0.151 e. The summed E-state index contributed by atoms with van der Waals surface area (Å²) in [6, 6.07) is 4.10. The normalized spacial score (nSPS) is 28.7. The molecule has 0 saturated carbocycles. The molecule has 2 fully saturated rings. The van der Waals surface area contributed by atoms with Gasteiger partial charge >= 0.3 is 0 Å². The number of aromatic nitrogens is 2. The Balaban J connectivity index is 1.78. The quantitative estimate of drug-likeness (QED) is 0.855. The average Bonchev–Trinajstić information content (AvgIpc) is 2.53. The van der Waals surface area contributed by atoms with Gasteiger partial charge in [-0.05, 0) is 52.2 Å². The van der Waals surface area contributed by atoms with Gasteiger partial charge in [-0.2, -0.15) is 5.10 Å². The van der Waals surface area contributed by atoms with Crippen molar-refractivity contribution in [1.82, 2.24) is 10.2 Å². The van der Waals surface area contributed by atoms with Crippen molar-refractivity contribution < 1.29 is 9.47 Å². The Kier molecular flexibility index (Phi) is 4.64. The zero-order chi connectivity index (χ0) is 15.6. The van der Waals surface area contributed by atoms with Crippen LogP contribution in [0.5, 0.6) is 0 Å². The summed E-state index contributed by atoms with van der Waals surface area (Å²) in [5.41, 5.74) is 1.05. The second-order valence-electron chi connectivity index (χ2n) is 6.93. The van der Waals surface area contributed by atoms with E-state index in [4.69, 9.17) is 9.47 Å². The molecule has 2 aliphatic rings. The molecule has 5 heteroatoms. The van der Waals surface area contributed by atoms with E-state index in [1.54, 1.807) is 0 Å². The second-order valence-corrected chi connectivity index (χ2v) is 6.93. The summed E-state index contributed by atoms with van der Waals surface area (Å²) in [7, 11) is 0. The molecular formula is C17H27N3O2. The average molecular weight is 305 g/mol. The van der Waals surface area contributed by atoms with Crippen molar-refractivity contribution in [3.63, 3.8) is 0 Å². The van der Waals surface area contributed by atoms with E-state index in [1.165, 1.54) is 6.42 Å². The number of nitrogens with zero attached hydrogens (tertiary/aromatic N) is 3. The van der Waals surface area contributed by atoms with Crippen LogP contribution >= 0.6 is 0 Å². The molecule has 2 saturated heterocycles. The van der Waals surface area contributed by atoms with E-state index in [9.17, 15) is 0 Å². The Morgan fingerprint density at radius 3 is 3.00 bits per heavy atom. The number of ether oxygens (including phenoxy) is 2. The Hall–Kier alpha value is -1.20. The second kappa shape index (κ2) is 6.50. The van der Waals surface area contributed by atoms with Crippen LogP contribution in [0.15, 0.2) is 12.1 Å². The third-order valence-electron chi connectivity index (χ3n) is 4.80. The molecule has 122 valence electrons. The highest BCUT2D eigenvalue weighted by Gasteiger charge is 2.46. The fourth-order valence-corrected chi connectivity index (χ4v) is 3.59. The topological polar surface area (TPSA) is 47.5 Å². The maximum atomic E-state index is 6.08. The zero-order valence-corrected chi connectivity index (χ0v) is 13.9. The van der Waals surface area contributed by atoms with Gasteiger partial charge in [0, 0.05) is 25.1 Å². The van der Waals surface area contributed by atoms with Gasteiger partial charge in [0.25, 0.3) is 0 Å². The standard InChI is InChI=1S/C17H27N3O2/c1-13(2)22-12-17-8-4-10-21-15(17)7-9-20(11-17)16-6-5-14(3)18-19-16/h5-6,13,15H,4,7-12H2,1-3H3/t15-,17-/m0/s1. The lowest BCUT2D eigenvalue weighted by molar-refractivity contribution is -0.132. The number of rotatable bonds is 4. The SMILES string of the molecule is Cc1ccc(N2CC[C@@H]3OCCC[C@@]3(COC(C)C)C2)nn1. The predicted octanol–water partition coefficient (Wildman–Crippen LogP) is 2.59. The summed E-state index contributed by atoms with van der Waals surface area (Å²) in [4.78, 5) is 2.35. The number of aryl methyl sites for hydroxylation is 1. The lowest BCUT2D eigenvalue weighted by atomic mass is 9.73. The highest BCUT2D eigenvalue weighted by molar-refractivity contribution is 5.39. The molecule has 0 aliphatic carbocycles. The lowest BCUT2D eigenvalue weighted by Crippen LogP contribution is -2.57. The highest BCUT2D eigenvalue weighted by atomic mass is 16.5. The van der Waals surface area contributed by atoms with Gasteiger partial charge in [-0.15, -0.1) is 5.10 Å². The molecule has 0 N–H and O–H groups in total. The fraction of sp³-hybridized carbons (Fsp3) is 0.765. The molecule has 2 atom stereocenters. The summed E-state index contributed by atoms with van der Waals surface area (Å²) in [5.74, 6) is 0.971. The largest absolute Gasteiger partial charge is 0.378 e. The fourth-order valence-electron chi connectivity index (χ4n) is 3.59. The molecule has 0 amide bonds. The minimum Gasteiger partial charge on any atom is -0.378 e. The van der Waals surface area contributed by atoms with E-state index >= 15 is 0 Å².